The van der Waals surface area contributed by atoms with E-state index in [1.165, 1.54) is 44.9 Å². The average molecular weight is 458 g/mol. The number of nitrogens with one attached hydrogen (secondary N) is 2. The fourth-order valence-corrected chi connectivity index (χ4v) is 5.82. The highest BCUT2D eigenvalue weighted by molar-refractivity contribution is 7.99. The molecule has 1 saturated carbocycles. The third-order valence-electron chi connectivity index (χ3n) is 6.91. The van der Waals surface area contributed by atoms with Crippen LogP contribution in [0, 0.1) is 5.92 Å². The smallest absolute Gasteiger partial charge is 0.255 e. The minimum absolute atomic E-state index is 0.0958. The van der Waals surface area contributed by atoms with Crippen molar-refractivity contribution in [3.8, 4) is 0 Å². The second-order valence-electron chi connectivity index (χ2n) is 9.38. The number of unbranched alkanes of at least 4 members (excludes halogenated alkanes) is 4. The number of fused-ring (bicyclic) bond motifs is 1. The summed E-state index contributed by atoms with van der Waals surface area (Å²) in [6.07, 6.45) is 9.72. The normalized spacial score (nSPS) is 21.6. The molecule has 174 valence electrons. The number of thioether (sulfide) groups is 1. The molecular formula is C25H35N3O3S. The summed E-state index contributed by atoms with van der Waals surface area (Å²) in [6.45, 7) is 3.91. The molecule has 1 aromatic rings. The maximum atomic E-state index is 12.9. The zero-order chi connectivity index (χ0) is 22.5. The van der Waals surface area contributed by atoms with Crippen molar-refractivity contribution in [3.05, 3.63) is 29.3 Å². The van der Waals surface area contributed by atoms with Gasteiger partial charge in [-0.05, 0) is 74.9 Å². The van der Waals surface area contributed by atoms with Gasteiger partial charge in [-0.1, -0.05) is 25.3 Å². The Bertz CT molecular complexity index is 855. The second-order valence-corrected chi connectivity index (χ2v) is 10.5. The molecule has 2 heterocycles. The van der Waals surface area contributed by atoms with Crippen LogP contribution in [0.2, 0.25) is 0 Å². The minimum Gasteiger partial charge on any atom is -0.322 e. The van der Waals surface area contributed by atoms with Crippen LogP contribution in [0.1, 0.15) is 80.6 Å². The van der Waals surface area contributed by atoms with Gasteiger partial charge in [-0.2, -0.15) is 0 Å². The molecule has 1 aromatic carbocycles. The largest absolute Gasteiger partial charge is 0.322 e. The molecule has 2 N–H and O–H groups in total. The van der Waals surface area contributed by atoms with E-state index in [1.807, 2.05) is 23.9 Å². The molecule has 2 aliphatic heterocycles. The van der Waals surface area contributed by atoms with E-state index in [1.54, 1.807) is 4.90 Å². The summed E-state index contributed by atoms with van der Waals surface area (Å²) in [5.74, 6) is 1.27. The number of carbonyl (C=O) groups is 3. The van der Waals surface area contributed by atoms with E-state index in [0.29, 0.717) is 24.6 Å². The van der Waals surface area contributed by atoms with Crippen LogP contribution in [-0.2, 0) is 16.1 Å². The molecule has 6 nitrogen and oxygen atoms in total. The van der Waals surface area contributed by atoms with Crippen molar-refractivity contribution in [2.45, 2.75) is 88.2 Å². The van der Waals surface area contributed by atoms with Gasteiger partial charge in [0.1, 0.15) is 6.04 Å². The predicted molar refractivity (Wildman–Crippen MR) is 126 cm³/mol. The molecule has 3 aliphatic rings. The van der Waals surface area contributed by atoms with Gasteiger partial charge in [0.15, 0.2) is 0 Å². The Morgan fingerprint density at radius 1 is 1.09 bits per heavy atom. The van der Waals surface area contributed by atoms with Gasteiger partial charge in [0, 0.05) is 29.5 Å². The summed E-state index contributed by atoms with van der Waals surface area (Å²) in [5.41, 5.74) is 1.73. The summed E-state index contributed by atoms with van der Waals surface area (Å²) in [6, 6.07) is 6.01. The fourth-order valence-electron chi connectivity index (χ4n) is 4.72. The van der Waals surface area contributed by atoms with E-state index in [4.69, 9.17) is 0 Å². The Morgan fingerprint density at radius 2 is 1.88 bits per heavy atom. The van der Waals surface area contributed by atoms with Gasteiger partial charge < -0.3 is 10.2 Å². The van der Waals surface area contributed by atoms with Crippen molar-refractivity contribution >= 4 is 29.5 Å². The first-order valence-electron chi connectivity index (χ1n) is 12.2. The quantitative estimate of drug-likeness (QED) is 0.283. The van der Waals surface area contributed by atoms with E-state index in [-0.39, 0.29) is 24.1 Å². The molecule has 0 spiro atoms. The summed E-state index contributed by atoms with van der Waals surface area (Å²) >= 11 is 1.81. The fraction of sp³-hybridized carbons (Fsp3) is 0.640. The van der Waals surface area contributed by atoms with E-state index in [2.05, 4.69) is 23.6 Å². The van der Waals surface area contributed by atoms with E-state index in [0.717, 1.165) is 28.7 Å². The molecule has 0 bridgehead atoms. The highest BCUT2D eigenvalue weighted by atomic mass is 32.2. The lowest BCUT2D eigenvalue weighted by atomic mass is 10.0. The summed E-state index contributed by atoms with van der Waals surface area (Å²) in [5, 5.41) is 6.02. The number of hydrogen-bond acceptors (Lipinski definition) is 5. The highest BCUT2D eigenvalue weighted by Gasteiger charge is 2.39. The molecule has 2 fully saturated rings. The zero-order valence-electron chi connectivity index (χ0n) is 19.0. The molecule has 0 aromatic heterocycles. The maximum Gasteiger partial charge on any atom is 0.255 e. The molecule has 0 radical (unpaired) electrons. The van der Waals surface area contributed by atoms with Crippen molar-refractivity contribution in [3.63, 3.8) is 0 Å². The first-order valence-corrected chi connectivity index (χ1v) is 13.2. The molecular weight excluding hydrogens is 422 g/mol. The second kappa shape index (κ2) is 10.8. The van der Waals surface area contributed by atoms with Gasteiger partial charge in [-0.15, -0.1) is 11.8 Å². The number of benzene rings is 1. The lowest BCUT2D eigenvalue weighted by molar-refractivity contribution is -0.136. The van der Waals surface area contributed by atoms with E-state index >= 15 is 0 Å². The van der Waals surface area contributed by atoms with Crippen LogP contribution in [0.4, 0.5) is 0 Å². The van der Waals surface area contributed by atoms with Gasteiger partial charge in [-0.3, -0.25) is 19.7 Å². The number of amides is 3. The number of hydrogen-bond donors (Lipinski definition) is 2. The third kappa shape index (κ3) is 5.73. The van der Waals surface area contributed by atoms with Gasteiger partial charge in [0.25, 0.3) is 5.91 Å². The Kier molecular flexibility index (Phi) is 7.89. The zero-order valence-corrected chi connectivity index (χ0v) is 19.8. The van der Waals surface area contributed by atoms with Gasteiger partial charge in [-0.25, -0.2) is 0 Å². The molecule has 1 aliphatic carbocycles. The molecule has 1 unspecified atom stereocenters. The molecule has 7 heteroatoms. The Labute approximate surface area is 195 Å². The number of imide groups is 1. The molecule has 2 atom stereocenters. The molecule has 1 saturated heterocycles. The van der Waals surface area contributed by atoms with Gasteiger partial charge in [0.05, 0.1) is 0 Å². The first kappa shape index (κ1) is 23.3. The SMILES string of the molecule is C[C@@H](NCCCCCCCSc1cccc2c1CN(C1CCC(=O)NC1=O)C2=O)C1CC1. The van der Waals surface area contributed by atoms with Gasteiger partial charge >= 0.3 is 0 Å². The van der Waals surface area contributed by atoms with Crippen LogP contribution in [0.25, 0.3) is 0 Å². The van der Waals surface area contributed by atoms with Crippen LogP contribution in [0.5, 0.6) is 0 Å². The van der Waals surface area contributed by atoms with E-state index < -0.39 is 6.04 Å². The van der Waals surface area contributed by atoms with Crippen molar-refractivity contribution in [2.75, 3.05) is 12.3 Å². The highest BCUT2D eigenvalue weighted by Crippen LogP contribution is 2.35. The van der Waals surface area contributed by atoms with Crippen molar-refractivity contribution in [2.24, 2.45) is 5.92 Å². The third-order valence-corrected chi connectivity index (χ3v) is 8.10. The standard InChI is InChI=1S/C25H35N3O3S/c1-17(18-10-11-18)26-14-5-3-2-4-6-15-32-22-9-7-8-19-20(22)16-28(25(19)31)21-12-13-23(29)27-24(21)30/h7-9,17-18,21,26H,2-6,10-16H2,1H3,(H,27,29,30)/t17-,21?/m1/s1. The minimum atomic E-state index is -0.549. The topological polar surface area (TPSA) is 78.5 Å². The summed E-state index contributed by atoms with van der Waals surface area (Å²) in [4.78, 5) is 39.4. The van der Waals surface area contributed by atoms with Crippen molar-refractivity contribution < 1.29 is 14.4 Å². The van der Waals surface area contributed by atoms with Crippen molar-refractivity contribution in [1.29, 1.82) is 0 Å². The summed E-state index contributed by atoms with van der Waals surface area (Å²) in [7, 11) is 0. The number of rotatable bonds is 12. The number of piperidine rings is 1. The van der Waals surface area contributed by atoms with Gasteiger partial charge in [0.2, 0.25) is 11.8 Å². The maximum absolute atomic E-state index is 12.9. The number of nitrogens with zero attached hydrogens (tertiary/aromatic N) is 1. The Hall–Kier alpha value is -1.86. The lowest BCUT2D eigenvalue weighted by Gasteiger charge is -2.29. The Balaban J connectivity index is 1.17. The average Bonchev–Trinajstić information content (AvgIpc) is 3.57. The monoisotopic (exact) mass is 457 g/mol. The van der Waals surface area contributed by atoms with Crippen LogP contribution < -0.4 is 10.6 Å². The lowest BCUT2D eigenvalue weighted by Crippen LogP contribution is -2.52. The van der Waals surface area contributed by atoms with E-state index in [9.17, 15) is 14.4 Å². The predicted octanol–water partition coefficient (Wildman–Crippen LogP) is 3.88. The van der Waals surface area contributed by atoms with Crippen LogP contribution in [0.15, 0.2) is 23.1 Å². The van der Waals surface area contributed by atoms with Crippen molar-refractivity contribution in [1.82, 2.24) is 15.5 Å². The first-order chi connectivity index (χ1) is 15.5. The number of carbonyl (C=O) groups excluding carboxylic acids is 3. The summed E-state index contributed by atoms with van der Waals surface area (Å²) < 4.78 is 0. The Morgan fingerprint density at radius 3 is 2.66 bits per heavy atom. The molecule has 4 rings (SSSR count). The molecule has 32 heavy (non-hydrogen) atoms. The molecule has 3 amide bonds. The van der Waals surface area contributed by atoms with Crippen LogP contribution in [0.3, 0.4) is 0 Å². The van der Waals surface area contributed by atoms with Crippen LogP contribution >= 0.6 is 11.8 Å². The van der Waals surface area contributed by atoms with Crippen LogP contribution in [-0.4, -0.2) is 47.0 Å².